The van der Waals surface area contributed by atoms with Gasteiger partial charge in [-0.25, -0.2) is 0 Å². The van der Waals surface area contributed by atoms with Crippen LogP contribution in [0.4, 0.5) is 11.4 Å². The molecule has 2 aliphatic carbocycles. The molecule has 0 saturated carbocycles. The van der Waals surface area contributed by atoms with Crippen molar-refractivity contribution >= 4 is 33.2 Å². The predicted molar refractivity (Wildman–Crippen MR) is 289 cm³/mol. The number of hydrogen-bond donors (Lipinski definition) is 0. The zero-order chi connectivity index (χ0) is 45.7. The van der Waals surface area contributed by atoms with Crippen LogP contribution in [0.1, 0.15) is 29.5 Å². The van der Waals surface area contributed by atoms with Gasteiger partial charge in [0.2, 0.25) is 0 Å². The number of rotatable bonds is 8. The summed E-state index contributed by atoms with van der Waals surface area (Å²) in [7, 11) is 0. The lowest BCUT2D eigenvalue weighted by atomic mass is 9.58. The number of fused-ring (bicyclic) bond motifs is 9. The van der Waals surface area contributed by atoms with E-state index in [1.165, 1.54) is 88.8 Å². The van der Waals surface area contributed by atoms with Crippen molar-refractivity contribution in [3.8, 4) is 50.2 Å². The Labute approximate surface area is 404 Å². The zero-order valence-corrected chi connectivity index (χ0v) is 38.2. The van der Waals surface area contributed by atoms with Crippen LogP contribution in [0.15, 0.2) is 278 Å². The normalized spacial score (nSPS) is 15.1. The van der Waals surface area contributed by atoms with E-state index in [0.717, 1.165) is 35.4 Å². The van der Waals surface area contributed by atoms with E-state index >= 15 is 0 Å². The lowest BCUT2D eigenvalue weighted by Gasteiger charge is -2.45. The van der Waals surface area contributed by atoms with E-state index in [-0.39, 0.29) is 0 Å². The van der Waals surface area contributed by atoms with Crippen LogP contribution in [0.25, 0.3) is 72.0 Å². The molecule has 0 fully saturated rings. The summed E-state index contributed by atoms with van der Waals surface area (Å²) in [6.07, 6.45) is 6.58. The summed E-state index contributed by atoms with van der Waals surface area (Å²) in [6, 6.07) is 94.4. The number of benzene rings is 10. The van der Waals surface area contributed by atoms with E-state index in [2.05, 4.69) is 276 Å². The fourth-order valence-electron chi connectivity index (χ4n) is 11.7. The largest absolute Gasteiger partial charge is 0.310 e. The maximum atomic E-state index is 2.54. The van der Waals surface area contributed by atoms with Crippen molar-refractivity contribution in [3.05, 3.63) is 295 Å². The number of allylic oxidation sites excluding steroid dienone is 3. The summed E-state index contributed by atoms with van der Waals surface area (Å²) in [5, 5.41) is 2.46. The molecule has 2 nitrogen and oxygen atoms in total. The Kier molecular flexibility index (Phi) is 9.91. The number of nitrogens with zero attached hydrogens (tertiary/aromatic N) is 2. The summed E-state index contributed by atoms with van der Waals surface area (Å²) < 4.78 is 2.45. The molecule has 326 valence electrons. The van der Waals surface area contributed by atoms with Gasteiger partial charge in [-0.15, -0.1) is 0 Å². The Morgan fingerprint density at radius 1 is 0.391 bits per heavy atom. The van der Waals surface area contributed by atoms with Crippen molar-refractivity contribution in [2.75, 3.05) is 4.90 Å². The summed E-state index contributed by atoms with van der Waals surface area (Å²) in [5.74, 6) is 0. The Morgan fingerprint density at radius 2 is 0.957 bits per heavy atom. The molecular weight excluding hydrogens is 833 g/mol. The molecule has 69 heavy (non-hydrogen) atoms. The molecular formula is C67H48N2. The monoisotopic (exact) mass is 880 g/mol. The third kappa shape index (κ3) is 6.55. The summed E-state index contributed by atoms with van der Waals surface area (Å²) in [4.78, 5) is 2.54. The van der Waals surface area contributed by atoms with Crippen LogP contribution in [0, 0.1) is 0 Å². The van der Waals surface area contributed by atoms with Crippen LogP contribution in [0.3, 0.4) is 0 Å². The quantitative estimate of drug-likeness (QED) is 0.148. The van der Waals surface area contributed by atoms with Crippen molar-refractivity contribution in [3.63, 3.8) is 0 Å². The summed E-state index contributed by atoms with van der Waals surface area (Å²) >= 11 is 0. The van der Waals surface area contributed by atoms with Crippen molar-refractivity contribution in [2.45, 2.75) is 18.3 Å². The lowest BCUT2D eigenvalue weighted by molar-refractivity contribution is 0.666. The molecule has 0 amide bonds. The standard InChI is InChI=1S/C67H48N2/c1-5-22-47(23-6-1)48-40-42-52(43-41-48)69-63-38-19-16-33-57(63)58-45-44-53(46-65(58)69)68(51-28-11-4-12-29-51)64-39-20-18-36-61(64)67(50-26-9-3-10-27-50)60-35-17-15-32-56(60)54-30-13-14-31-55(54)59-34-21-37-62(67)66(59)49-24-7-2-8-25-49/h1-17,19-35,37-46H,18,36H2. The average molecular weight is 881 g/mol. The minimum atomic E-state index is -0.723. The summed E-state index contributed by atoms with van der Waals surface area (Å²) in [6.45, 7) is 0. The molecule has 0 aliphatic heterocycles. The first-order chi connectivity index (χ1) is 34.3. The smallest absolute Gasteiger partial charge is 0.0696 e. The summed E-state index contributed by atoms with van der Waals surface area (Å²) in [5.41, 5.74) is 21.2. The van der Waals surface area contributed by atoms with Crippen molar-refractivity contribution in [1.82, 2.24) is 4.57 Å². The first-order valence-corrected chi connectivity index (χ1v) is 24.2. The zero-order valence-electron chi connectivity index (χ0n) is 38.2. The van der Waals surface area contributed by atoms with E-state index in [0.29, 0.717) is 0 Å². The molecule has 2 heteroatoms. The van der Waals surface area contributed by atoms with Gasteiger partial charge in [0.05, 0.1) is 16.4 Å². The topological polar surface area (TPSA) is 8.17 Å². The van der Waals surface area contributed by atoms with E-state index in [9.17, 15) is 0 Å². The molecule has 2 bridgehead atoms. The molecule has 1 aromatic heterocycles. The van der Waals surface area contributed by atoms with E-state index < -0.39 is 5.41 Å². The molecule has 11 aromatic rings. The molecule has 0 saturated heterocycles. The first-order valence-electron chi connectivity index (χ1n) is 24.2. The molecule has 10 aromatic carbocycles. The minimum Gasteiger partial charge on any atom is -0.310 e. The third-order valence-electron chi connectivity index (χ3n) is 14.6. The van der Waals surface area contributed by atoms with Gasteiger partial charge in [-0.3, -0.25) is 0 Å². The van der Waals surface area contributed by atoms with Gasteiger partial charge < -0.3 is 9.47 Å². The van der Waals surface area contributed by atoms with Crippen LogP contribution >= 0.6 is 0 Å². The molecule has 1 atom stereocenters. The lowest BCUT2D eigenvalue weighted by Crippen LogP contribution is -2.37. The van der Waals surface area contributed by atoms with Gasteiger partial charge in [0.25, 0.3) is 0 Å². The second kappa shape index (κ2) is 16.9. The van der Waals surface area contributed by atoms with Crippen molar-refractivity contribution in [1.29, 1.82) is 0 Å². The molecule has 0 spiro atoms. The van der Waals surface area contributed by atoms with Crippen molar-refractivity contribution in [2.24, 2.45) is 0 Å². The maximum absolute atomic E-state index is 2.54. The van der Waals surface area contributed by atoms with Gasteiger partial charge in [-0.2, -0.15) is 0 Å². The van der Waals surface area contributed by atoms with E-state index in [4.69, 9.17) is 0 Å². The Hall–Kier alpha value is -8.72. The van der Waals surface area contributed by atoms with Gasteiger partial charge >= 0.3 is 0 Å². The predicted octanol–water partition coefficient (Wildman–Crippen LogP) is 17.5. The van der Waals surface area contributed by atoms with Gasteiger partial charge in [-0.05, 0) is 128 Å². The molecule has 0 N–H and O–H groups in total. The fourth-order valence-corrected chi connectivity index (χ4v) is 11.7. The van der Waals surface area contributed by atoms with Crippen molar-refractivity contribution < 1.29 is 0 Å². The highest BCUT2D eigenvalue weighted by Crippen LogP contribution is 2.58. The first kappa shape index (κ1) is 40.5. The number of para-hydroxylation sites is 2. The number of hydrogen-bond acceptors (Lipinski definition) is 1. The SMILES string of the molecule is C1=CC(N(c2ccccc2)c2ccc3c4ccccc4n(-c4ccc(-c5ccccc5)cc4)c3c2)=C(C2(c3ccccc3)c3ccccc3-c3ccccc3-c3cccc2c3-c2ccccc2)CC1. The van der Waals surface area contributed by atoms with E-state index in [1.54, 1.807) is 0 Å². The Bertz CT molecular complexity index is 3750. The third-order valence-corrected chi connectivity index (χ3v) is 14.6. The molecule has 2 aliphatic rings. The molecule has 13 rings (SSSR count). The molecule has 0 radical (unpaired) electrons. The molecule has 1 unspecified atom stereocenters. The number of aromatic nitrogens is 1. The highest BCUT2D eigenvalue weighted by molar-refractivity contribution is 6.10. The van der Waals surface area contributed by atoms with Crippen LogP contribution in [0.2, 0.25) is 0 Å². The number of anilines is 2. The van der Waals surface area contributed by atoms with Crippen LogP contribution in [-0.2, 0) is 5.41 Å². The second-order valence-electron chi connectivity index (χ2n) is 18.2. The average Bonchev–Trinajstić information content (AvgIpc) is 3.76. The maximum Gasteiger partial charge on any atom is 0.0696 e. The van der Waals surface area contributed by atoms with Crippen LogP contribution in [0.5, 0.6) is 0 Å². The Balaban J connectivity index is 1.13. The minimum absolute atomic E-state index is 0.723. The van der Waals surface area contributed by atoms with Gasteiger partial charge in [0, 0.05) is 33.5 Å². The van der Waals surface area contributed by atoms with Crippen LogP contribution < -0.4 is 4.90 Å². The highest BCUT2D eigenvalue weighted by atomic mass is 15.2. The van der Waals surface area contributed by atoms with Gasteiger partial charge in [-0.1, -0.05) is 218 Å². The Morgan fingerprint density at radius 3 is 1.71 bits per heavy atom. The van der Waals surface area contributed by atoms with Crippen LogP contribution in [-0.4, -0.2) is 4.57 Å². The molecule has 1 heterocycles. The van der Waals surface area contributed by atoms with Gasteiger partial charge in [0.1, 0.15) is 0 Å². The van der Waals surface area contributed by atoms with E-state index in [1.807, 2.05) is 0 Å². The second-order valence-corrected chi connectivity index (χ2v) is 18.2. The van der Waals surface area contributed by atoms with Gasteiger partial charge in [0.15, 0.2) is 0 Å². The fraction of sp³-hybridized carbons (Fsp3) is 0.0448. The highest BCUT2D eigenvalue weighted by Gasteiger charge is 2.47.